The van der Waals surface area contributed by atoms with E-state index in [1.165, 1.54) is 0 Å². The molecule has 16 heavy (non-hydrogen) atoms. The van der Waals surface area contributed by atoms with Crippen LogP contribution >= 0.6 is 12.2 Å². The van der Waals surface area contributed by atoms with Crippen LogP contribution in [0.1, 0.15) is 32.6 Å². The van der Waals surface area contributed by atoms with Crippen LogP contribution in [0.25, 0.3) is 0 Å². The standard InChI is InChI=1S/C11H21N3OS/c1-2-6-14(8-10(12)16)7-5-11(15)13-9-3-4-9/h9H,2-8H2,1H3,(H2,12,16)(H,13,15). The molecule has 92 valence electrons. The van der Waals surface area contributed by atoms with Crippen molar-refractivity contribution in [3.8, 4) is 0 Å². The number of amides is 1. The van der Waals surface area contributed by atoms with Crippen molar-refractivity contribution < 1.29 is 4.79 Å². The van der Waals surface area contributed by atoms with Gasteiger partial charge in [0, 0.05) is 25.6 Å². The van der Waals surface area contributed by atoms with Crippen LogP contribution in [-0.2, 0) is 4.79 Å². The minimum Gasteiger partial charge on any atom is -0.392 e. The van der Waals surface area contributed by atoms with Crippen molar-refractivity contribution in [2.24, 2.45) is 5.73 Å². The summed E-state index contributed by atoms with van der Waals surface area (Å²) in [5.74, 6) is 0.145. The molecule has 1 aliphatic rings. The molecule has 0 aromatic carbocycles. The highest BCUT2D eigenvalue weighted by Gasteiger charge is 2.23. The summed E-state index contributed by atoms with van der Waals surface area (Å²) in [6, 6.07) is 0.447. The topological polar surface area (TPSA) is 58.4 Å². The van der Waals surface area contributed by atoms with Gasteiger partial charge in [-0.25, -0.2) is 0 Å². The van der Waals surface area contributed by atoms with Gasteiger partial charge in [0.2, 0.25) is 5.91 Å². The summed E-state index contributed by atoms with van der Waals surface area (Å²) in [5.41, 5.74) is 5.51. The predicted molar refractivity (Wildman–Crippen MR) is 69.3 cm³/mol. The van der Waals surface area contributed by atoms with E-state index in [2.05, 4.69) is 17.1 Å². The van der Waals surface area contributed by atoms with Crippen LogP contribution in [-0.4, -0.2) is 41.5 Å². The third kappa shape index (κ3) is 6.02. The quantitative estimate of drug-likeness (QED) is 0.615. The summed E-state index contributed by atoms with van der Waals surface area (Å²) < 4.78 is 0. The summed E-state index contributed by atoms with van der Waals surface area (Å²) in [4.78, 5) is 14.1. The average Bonchev–Trinajstić information content (AvgIpc) is 2.97. The fourth-order valence-electron chi connectivity index (χ4n) is 1.59. The zero-order chi connectivity index (χ0) is 12.0. The largest absolute Gasteiger partial charge is 0.392 e. The molecule has 3 N–H and O–H groups in total. The van der Waals surface area contributed by atoms with E-state index in [1.807, 2.05) is 0 Å². The number of nitrogens with zero attached hydrogens (tertiary/aromatic N) is 1. The predicted octanol–water partition coefficient (Wildman–Crippen LogP) is 0.653. The molecule has 4 nitrogen and oxygen atoms in total. The fourth-order valence-corrected chi connectivity index (χ4v) is 1.78. The Morgan fingerprint density at radius 1 is 1.50 bits per heavy atom. The second-order valence-electron chi connectivity index (χ2n) is 4.33. The molecule has 0 spiro atoms. The molecule has 5 heteroatoms. The van der Waals surface area contributed by atoms with Gasteiger partial charge in [0.25, 0.3) is 0 Å². The summed E-state index contributed by atoms with van der Waals surface area (Å²) in [6.45, 7) is 4.40. The van der Waals surface area contributed by atoms with Gasteiger partial charge in [-0.2, -0.15) is 0 Å². The number of nitrogens with two attached hydrogens (primary N) is 1. The number of carbonyl (C=O) groups excluding carboxylic acids is 1. The highest BCUT2D eigenvalue weighted by atomic mass is 32.1. The Morgan fingerprint density at radius 3 is 2.69 bits per heavy atom. The van der Waals surface area contributed by atoms with Gasteiger partial charge in [0.05, 0.1) is 4.99 Å². The first kappa shape index (κ1) is 13.4. The molecule has 1 saturated carbocycles. The monoisotopic (exact) mass is 243 g/mol. The molecule has 0 aromatic rings. The molecule has 0 aromatic heterocycles. The van der Waals surface area contributed by atoms with Crippen LogP contribution in [0.2, 0.25) is 0 Å². The van der Waals surface area contributed by atoms with Gasteiger partial charge >= 0.3 is 0 Å². The van der Waals surface area contributed by atoms with Crippen LogP contribution in [0.5, 0.6) is 0 Å². The molecule has 1 amide bonds. The minimum absolute atomic E-state index is 0.145. The summed E-state index contributed by atoms with van der Waals surface area (Å²) in [6.07, 6.45) is 3.86. The van der Waals surface area contributed by atoms with Crippen LogP contribution in [0.4, 0.5) is 0 Å². The Kier molecular flexibility index (Phi) is 5.69. The van der Waals surface area contributed by atoms with Crippen molar-refractivity contribution in [1.29, 1.82) is 0 Å². The van der Waals surface area contributed by atoms with E-state index in [4.69, 9.17) is 18.0 Å². The van der Waals surface area contributed by atoms with Gasteiger partial charge in [-0.3, -0.25) is 9.69 Å². The molecular formula is C11H21N3OS. The van der Waals surface area contributed by atoms with Crippen molar-refractivity contribution in [3.63, 3.8) is 0 Å². The lowest BCUT2D eigenvalue weighted by atomic mass is 10.3. The molecule has 0 atom stereocenters. The van der Waals surface area contributed by atoms with Crippen LogP contribution in [0, 0.1) is 0 Å². The number of thiocarbonyl (C=S) groups is 1. The molecule has 0 heterocycles. The maximum Gasteiger partial charge on any atom is 0.221 e. The van der Waals surface area contributed by atoms with E-state index in [0.717, 1.165) is 32.4 Å². The molecule has 1 rings (SSSR count). The van der Waals surface area contributed by atoms with E-state index >= 15 is 0 Å². The fraction of sp³-hybridized carbons (Fsp3) is 0.818. The van der Waals surface area contributed by atoms with Crippen molar-refractivity contribution in [2.75, 3.05) is 19.6 Å². The average molecular weight is 243 g/mol. The van der Waals surface area contributed by atoms with Gasteiger partial charge in [-0.05, 0) is 25.8 Å². The molecule has 1 fully saturated rings. The maximum atomic E-state index is 11.5. The van der Waals surface area contributed by atoms with Crippen molar-refractivity contribution in [3.05, 3.63) is 0 Å². The molecule has 1 aliphatic carbocycles. The smallest absolute Gasteiger partial charge is 0.221 e. The number of hydrogen-bond acceptors (Lipinski definition) is 3. The number of nitrogens with one attached hydrogen (secondary N) is 1. The van der Waals surface area contributed by atoms with Gasteiger partial charge in [0.15, 0.2) is 0 Å². The lowest BCUT2D eigenvalue weighted by Gasteiger charge is -2.20. The minimum atomic E-state index is 0.145. The van der Waals surface area contributed by atoms with Crippen molar-refractivity contribution in [2.45, 2.75) is 38.6 Å². The van der Waals surface area contributed by atoms with Gasteiger partial charge in [-0.15, -0.1) is 0 Å². The Labute approximate surface area is 103 Å². The number of hydrogen-bond donors (Lipinski definition) is 2. The molecule has 0 radical (unpaired) electrons. The molecule has 0 aliphatic heterocycles. The van der Waals surface area contributed by atoms with Crippen LogP contribution < -0.4 is 11.1 Å². The summed E-state index contributed by atoms with van der Waals surface area (Å²) in [5, 5.41) is 2.97. The van der Waals surface area contributed by atoms with E-state index in [-0.39, 0.29) is 5.91 Å². The van der Waals surface area contributed by atoms with Crippen LogP contribution in [0.3, 0.4) is 0 Å². The first-order valence-electron chi connectivity index (χ1n) is 5.91. The van der Waals surface area contributed by atoms with Crippen molar-refractivity contribution in [1.82, 2.24) is 10.2 Å². The molecule has 0 bridgehead atoms. The second-order valence-corrected chi connectivity index (χ2v) is 4.86. The lowest BCUT2D eigenvalue weighted by molar-refractivity contribution is -0.121. The molecule has 0 unspecified atom stereocenters. The second kappa shape index (κ2) is 6.81. The van der Waals surface area contributed by atoms with E-state index < -0.39 is 0 Å². The first-order chi connectivity index (χ1) is 7.61. The molecular weight excluding hydrogens is 222 g/mol. The Bertz CT molecular complexity index is 254. The Morgan fingerprint density at radius 2 is 2.19 bits per heavy atom. The summed E-state index contributed by atoms with van der Waals surface area (Å²) in [7, 11) is 0. The first-order valence-corrected chi connectivity index (χ1v) is 6.32. The van der Waals surface area contributed by atoms with Gasteiger partial charge in [0.1, 0.15) is 0 Å². The number of rotatable bonds is 8. The normalized spacial score (nSPS) is 15.1. The maximum absolute atomic E-state index is 11.5. The molecule has 0 saturated heterocycles. The lowest BCUT2D eigenvalue weighted by Crippen LogP contribution is -2.36. The van der Waals surface area contributed by atoms with Gasteiger partial charge < -0.3 is 11.1 Å². The zero-order valence-electron chi connectivity index (χ0n) is 9.87. The van der Waals surface area contributed by atoms with Crippen LogP contribution in [0.15, 0.2) is 0 Å². The van der Waals surface area contributed by atoms with E-state index in [1.54, 1.807) is 0 Å². The number of carbonyl (C=O) groups is 1. The third-order valence-electron chi connectivity index (χ3n) is 2.52. The Hall–Kier alpha value is -0.680. The van der Waals surface area contributed by atoms with E-state index in [0.29, 0.717) is 24.0 Å². The van der Waals surface area contributed by atoms with Crippen molar-refractivity contribution >= 4 is 23.1 Å². The van der Waals surface area contributed by atoms with Gasteiger partial charge in [-0.1, -0.05) is 19.1 Å². The van der Waals surface area contributed by atoms with E-state index in [9.17, 15) is 4.79 Å². The zero-order valence-corrected chi connectivity index (χ0v) is 10.7. The Balaban J connectivity index is 2.18. The highest BCUT2D eigenvalue weighted by Crippen LogP contribution is 2.18. The SMILES string of the molecule is CCCN(CCC(=O)NC1CC1)CC(N)=S. The highest BCUT2D eigenvalue weighted by molar-refractivity contribution is 7.80. The third-order valence-corrected chi connectivity index (χ3v) is 2.65. The summed E-state index contributed by atoms with van der Waals surface area (Å²) >= 11 is 4.88.